The average molecular weight is 1110 g/mol. The van der Waals surface area contributed by atoms with Crippen molar-refractivity contribution >= 4 is 73.1 Å². The van der Waals surface area contributed by atoms with Crippen LogP contribution in [0.1, 0.15) is 86.5 Å². The van der Waals surface area contributed by atoms with E-state index in [9.17, 15) is 23.3 Å². The van der Waals surface area contributed by atoms with Crippen molar-refractivity contribution in [3.8, 4) is 0 Å². The van der Waals surface area contributed by atoms with Gasteiger partial charge in [0.05, 0.1) is 42.5 Å². The summed E-state index contributed by atoms with van der Waals surface area (Å²) in [5, 5.41) is 9.73. The van der Waals surface area contributed by atoms with E-state index in [0.29, 0.717) is 87.5 Å². The molecule has 68 heavy (non-hydrogen) atoms. The van der Waals surface area contributed by atoms with Crippen molar-refractivity contribution in [1.82, 2.24) is 35.8 Å². The Bertz CT molecular complexity index is 2430. The zero-order chi connectivity index (χ0) is 50.0. The summed E-state index contributed by atoms with van der Waals surface area (Å²) in [4.78, 5) is 42.0. The summed E-state index contributed by atoms with van der Waals surface area (Å²) in [5.74, 6) is -0.571. The molecule has 4 aromatic rings. The van der Waals surface area contributed by atoms with E-state index in [2.05, 4.69) is 53.4 Å². The van der Waals surface area contributed by atoms with Crippen molar-refractivity contribution in [2.75, 3.05) is 72.5 Å². The summed E-state index contributed by atoms with van der Waals surface area (Å²) in [7, 11) is -9.71. The number of halogens is 1. The van der Waals surface area contributed by atoms with E-state index in [0.717, 1.165) is 20.4 Å². The highest BCUT2D eigenvalue weighted by molar-refractivity contribution is 14.1. The predicted octanol–water partition coefficient (Wildman–Crippen LogP) is 7.38. The van der Waals surface area contributed by atoms with E-state index in [4.69, 9.17) is 28.0 Å². The summed E-state index contributed by atoms with van der Waals surface area (Å²) < 4.78 is 69.4. The minimum absolute atomic E-state index is 0.0772. The molecule has 3 atom stereocenters. The van der Waals surface area contributed by atoms with Crippen molar-refractivity contribution in [2.45, 2.75) is 86.2 Å². The summed E-state index contributed by atoms with van der Waals surface area (Å²) >= 11 is 2.19. The van der Waals surface area contributed by atoms with Gasteiger partial charge >= 0.3 is 12.1 Å². The first kappa shape index (κ1) is 57.2. The molecule has 17 nitrogen and oxygen atoms in total. The van der Waals surface area contributed by atoms with Gasteiger partial charge in [-0.15, -0.1) is 0 Å². The fraction of sp³-hybridized carbons (Fsp3) is 0.511. The third-order valence-electron chi connectivity index (χ3n) is 9.96. The van der Waals surface area contributed by atoms with Crippen LogP contribution in [0.25, 0.3) is 0 Å². The highest BCUT2D eigenvalue weighted by Crippen LogP contribution is 2.42. The number of ether oxygens (including phenoxy) is 2. The fourth-order valence-corrected chi connectivity index (χ4v) is 11.7. The first-order valence-corrected chi connectivity index (χ1v) is 30.1. The van der Waals surface area contributed by atoms with Crippen LogP contribution in [0.5, 0.6) is 0 Å². The number of rotatable bonds is 28. The minimum atomic E-state index is -3.36. The number of aryl methyl sites for hydroxylation is 1. The lowest BCUT2D eigenvalue weighted by molar-refractivity contribution is 0.0470. The fourth-order valence-electron chi connectivity index (χ4n) is 6.84. The number of pyridine rings is 3. The molecule has 0 aliphatic heterocycles. The Hall–Kier alpha value is -3.41. The largest absolute Gasteiger partial charge is 0.457 e. The number of alkyl carbamates (subject to hydrolysis) is 1. The molecule has 1 amide bonds. The van der Waals surface area contributed by atoms with Crippen LogP contribution < -0.4 is 32.3 Å². The van der Waals surface area contributed by atoms with Gasteiger partial charge in [0, 0.05) is 75.9 Å². The number of benzene rings is 1. The molecule has 0 aliphatic rings. The van der Waals surface area contributed by atoms with Gasteiger partial charge in [-0.2, -0.15) is 0 Å². The molecule has 0 bridgehead atoms. The summed E-state index contributed by atoms with van der Waals surface area (Å²) in [6, 6.07) is 20.0. The van der Waals surface area contributed by atoms with Crippen LogP contribution in [0.2, 0.25) is 0 Å². The van der Waals surface area contributed by atoms with Gasteiger partial charge in [0.15, 0.2) is 0 Å². The first-order chi connectivity index (χ1) is 32.1. The highest BCUT2D eigenvalue weighted by Gasteiger charge is 2.26. The number of amides is 1. The Morgan fingerprint density at radius 3 is 1.76 bits per heavy atom. The molecule has 0 saturated carbocycles. The van der Waals surface area contributed by atoms with Crippen LogP contribution in [0.3, 0.4) is 0 Å². The lowest BCUT2D eigenvalue weighted by Gasteiger charge is -2.24. The molecule has 3 N–H and O–H groups in total. The maximum atomic E-state index is 13.8. The van der Waals surface area contributed by atoms with Crippen LogP contribution in [-0.4, -0.2) is 110 Å². The van der Waals surface area contributed by atoms with Crippen LogP contribution >= 0.6 is 44.7 Å². The van der Waals surface area contributed by atoms with Crippen LogP contribution in [-0.2, 0) is 69.4 Å². The summed E-state index contributed by atoms with van der Waals surface area (Å²) in [5.41, 5.74) is 4.23. The molecular formula is C47H69IN7O10P3. The topological polar surface area (TPSA) is 209 Å². The van der Waals surface area contributed by atoms with Crippen molar-refractivity contribution < 1.29 is 46.3 Å². The molecule has 21 heteroatoms. The Labute approximate surface area is 415 Å². The Kier molecular flexibility index (Phi) is 22.9. The molecule has 3 unspecified atom stereocenters. The molecule has 0 saturated heterocycles. The van der Waals surface area contributed by atoms with Crippen molar-refractivity contribution in [3.05, 3.63) is 104 Å². The van der Waals surface area contributed by atoms with Gasteiger partial charge in [-0.25, -0.2) is 24.5 Å². The molecule has 4 rings (SSSR count). The number of aromatic nitrogens is 3. The second kappa shape index (κ2) is 27.3. The quantitative estimate of drug-likeness (QED) is 0.0219. The molecule has 0 radical (unpaired) electrons. The second-order valence-electron chi connectivity index (χ2n) is 17.2. The molecular weight excluding hydrogens is 1040 g/mol. The van der Waals surface area contributed by atoms with Crippen molar-refractivity contribution in [3.63, 3.8) is 0 Å². The Morgan fingerprint density at radius 2 is 1.21 bits per heavy atom. The lowest BCUT2D eigenvalue weighted by Crippen LogP contribution is -2.37. The lowest BCUT2D eigenvalue weighted by atomic mass is 10.1. The van der Waals surface area contributed by atoms with Gasteiger partial charge in [0.25, 0.3) is 0 Å². The summed E-state index contributed by atoms with van der Waals surface area (Å²) in [6.07, 6.45) is 0.693. The number of nitrogens with zero attached hydrogens (tertiary/aromatic N) is 4. The van der Waals surface area contributed by atoms with Crippen molar-refractivity contribution in [1.29, 1.82) is 0 Å². The molecule has 0 aliphatic carbocycles. The summed E-state index contributed by atoms with van der Waals surface area (Å²) in [6.45, 7) is 19.8. The van der Waals surface area contributed by atoms with E-state index in [-0.39, 0.29) is 37.4 Å². The SMILES string of the molecule is CCOP(C)(=O)c1cc(I)cc(CNCCN(CCNCc2cc(C(=O)OCc3ccccc3)cc(P(C)(=O)OCC)n2)Cc2cc(CCCNC(=O)OC(C)(C)C)cc(P(C)(=O)OCC)n2)n1. The molecule has 1 aromatic carbocycles. The van der Waals surface area contributed by atoms with Crippen LogP contribution in [0.15, 0.2) is 66.7 Å². The molecule has 3 heterocycles. The second-order valence-corrected chi connectivity index (χ2v) is 25.6. The number of carbonyl (C=O) groups is 2. The maximum absolute atomic E-state index is 13.8. The number of hydrogen-bond donors (Lipinski definition) is 3. The zero-order valence-corrected chi connectivity index (χ0v) is 45.7. The monoisotopic (exact) mass is 1110 g/mol. The Morgan fingerprint density at radius 1 is 0.676 bits per heavy atom. The standard InChI is InChI=1S/C47H69IN7O10P3/c1-10-62-66(7,58)42-26-36(19-16-20-51-46(57)65-47(4,5)6)25-41(54-42)33-55(24-22-50-32-40-29-38(48)30-44(53-40)68(9,60)64-12-3)23-21-49-31-39-27-37(28-43(52-39)67(8,59)63-11-2)45(56)61-34-35-17-14-13-15-18-35/h13-15,17-18,25-30,49-50H,10-12,16,19-24,31-34H2,1-9H3,(H,51,57). The third-order valence-corrected chi connectivity index (χ3v) is 16.0. The van der Waals surface area contributed by atoms with Gasteiger partial charge in [-0.1, -0.05) is 30.3 Å². The number of nitrogens with one attached hydrogen (secondary N) is 3. The van der Waals surface area contributed by atoms with E-state index in [1.165, 1.54) is 12.7 Å². The Balaban J connectivity index is 1.55. The highest BCUT2D eigenvalue weighted by atomic mass is 127. The molecule has 0 spiro atoms. The van der Waals surface area contributed by atoms with Gasteiger partial charge in [-0.3, -0.25) is 18.6 Å². The normalized spacial score (nSPS) is 14.5. The zero-order valence-electron chi connectivity index (χ0n) is 40.8. The first-order valence-electron chi connectivity index (χ1n) is 22.8. The van der Waals surface area contributed by atoms with Gasteiger partial charge < -0.3 is 39.0 Å². The number of hydrogen-bond acceptors (Lipinski definition) is 16. The maximum Gasteiger partial charge on any atom is 0.407 e. The van der Waals surface area contributed by atoms with Crippen molar-refractivity contribution in [2.24, 2.45) is 0 Å². The molecule has 0 fully saturated rings. The third kappa shape index (κ3) is 19.8. The van der Waals surface area contributed by atoms with E-state index in [1.54, 1.807) is 46.2 Å². The van der Waals surface area contributed by atoms with Gasteiger partial charge in [-0.05, 0) is 125 Å². The molecule has 3 aromatic heterocycles. The van der Waals surface area contributed by atoms with E-state index < -0.39 is 39.8 Å². The van der Waals surface area contributed by atoms with Gasteiger partial charge in [0.2, 0.25) is 22.1 Å². The number of esters is 1. The van der Waals surface area contributed by atoms with Gasteiger partial charge in [0.1, 0.15) is 28.5 Å². The average Bonchev–Trinajstić information content (AvgIpc) is 3.26. The predicted molar refractivity (Wildman–Crippen MR) is 277 cm³/mol. The minimum Gasteiger partial charge on any atom is -0.457 e. The van der Waals surface area contributed by atoms with Crippen LogP contribution in [0.4, 0.5) is 4.79 Å². The molecule has 374 valence electrons. The van der Waals surface area contributed by atoms with Crippen LogP contribution in [0, 0.1) is 3.57 Å². The van der Waals surface area contributed by atoms with E-state index >= 15 is 0 Å². The smallest absolute Gasteiger partial charge is 0.407 e. The number of carbonyl (C=O) groups excluding carboxylic acids is 2. The van der Waals surface area contributed by atoms with E-state index in [1.807, 2.05) is 69.3 Å².